The summed E-state index contributed by atoms with van der Waals surface area (Å²) in [5, 5.41) is 3.77. The van der Waals surface area contributed by atoms with Gasteiger partial charge in [-0.05, 0) is 30.3 Å². The molecule has 3 rings (SSSR count). The number of piperazine rings is 1. The van der Waals surface area contributed by atoms with E-state index < -0.39 is 10.0 Å². The third-order valence-electron chi connectivity index (χ3n) is 4.38. The van der Waals surface area contributed by atoms with Gasteiger partial charge in [0.15, 0.2) is 5.75 Å². The van der Waals surface area contributed by atoms with Crippen LogP contribution in [0.1, 0.15) is 0 Å². The fourth-order valence-corrected chi connectivity index (χ4v) is 4.68. The largest absolute Gasteiger partial charge is 0.495 e. The molecule has 1 aliphatic heterocycles. The molecule has 0 unspecified atom stereocenters. The highest BCUT2D eigenvalue weighted by atomic mass is 35.5. The van der Waals surface area contributed by atoms with Crippen LogP contribution in [0.3, 0.4) is 0 Å². The standard InChI is InChI=1S/C18H21Cl2N3O4S.ClH/c1-26-17-4-3-13(11-16(17)23-7-5-21-6-8-23)28(24,25)22-15-10-12(19)9-14(20)18(15)27-2;/h3-4,9-11,21-22H,5-8H2,1-2H3;1H. The number of halogens is 3. The van der Waals surface area contributed by atoms with Crippen molar-refractivity contribution in [3.05, 3.63) is 40.4 Å². The van der Waals surface area contributed by atoms with Gasteiger partial charge in [-0.1, -0.05) is 23.2 Å². The molecule has 1 fully saturated rings. The zero-order chi connectivity index (χ0) is 20.3. The fourth-order valence-electron chi connectivity index (χ4n) is 3.04. The van der Waals surface area contributed by atoms with Crippen LogP contribution in [0.25, 0.3) is 0 Å². The van der Waals surface area contributed by atoms with E-state index in [0.717, 1.165) is 31.9 Å². The average Bonchev–Trinajstić information content (AvgIpc) is 2.67. The second kappa shape index (κ2) is 9.95. The number of hydrogen-bond acceptors (Lipinski definition) is 6. The Bertz CT molecular complexity index is 967. The number of benzene rings is 2. The normalized spacial score (nSPS) is 14.1. The highest BCUT2D eigenvalue weighted by Gasteiger charge is 2.22. The highest BCUT2D eigenvalue weighted by Crippen LogP contribution is 2.38. The quantitative estimate of drug-likeness (QED) is 0.654. The molecular weight excluding hydrogens is 461 g/mol. The number of ether oxygens (including phenoxy) is 2. The van der Waals surface area contributed by atoms with Gasteiger partial charge in [0, 0.05) is 31.2 Å². The lowest BCUT2D eigenvalue weighted by Gasteiger charge is -2.30. The van der Waals surface area contributed by atoms with Gasteiger partial charge in [0.25, 0.3) is 10.0 Å². The maximum Gasteiger partial charge on any atom is 0.262 e. The zero-order valence-corrected chi connectivity index (χ0v) is 19.0. The summed E-state index contributed by atoms with van der Waals surface area (Å²) in [6, 6.07) is 7.67. The van der Waals surface area contributed by atoms with Gasteiger partial charge in [0.2, 0.25) is 0 Å². The predicted molar refractivity (Wildman–Crippen MR) is 119 cm³/mol. The molecule has 1 heterocycles. The van der Waals surface area contributed by atoms with E-state index in [4.69, 9.17) is 32.7 Å². The third kappa shape index (κ3) is 5.32. The van der Waals surface area contributed by atoms with E-state index in [-0.39, 0.29) is 33.8 Å². The van der Waals surface area contributed by atoms with Gasteiger partial charge < -0.3 is 19.7 Å². The first-order chi connectivity index (χ1) is 13.4. The second-order valence-electron chi connectivity index (χ2n) is 6.14. The van der Waals surface area contributed by atoms with Crippen LogP contribution in [-0.2, 0) is 10.0 Å². The molecular formula is C18H22Cl3N3O4S. The van der Waals surface area contributed by atoms with Gasteiger partial charge in [-0.15, -0.1) is 12.4 Å². The summed E-state index contributed by atoms with van der Waals surface area (Å²) in [5.74, 6) is 0.815. The number of sulfonamides is 1. The molecule has 0 amide bonds. The summed E-state index contributed by atoms with van der Waals surface area (Å²) in [7, 11) is -0.943. The first-order valence-corrected chi connectivity index (χ1v) is 10.8. The van der Waals surface area contributed by atoms with E-state index in [1.54, 1.807) is 19.2 Å². The Balaban J connectivity index is 0.00000300. The Kier molecular flexibility index (Phi) is 8.13. The third-order valence-corrected chi connectivity index (χ3v) is 6.24. The molecule has 2 aromatic carbocycles. The minimum atomic E-state index is -3.91. The predicted octanol–water partition coefficient (Wildman–Crippen LogP) is 3.64. The first-order valence-electron chi connectivity index (χ1n) is 8.55. The van der Waals surface area contributed by atoms with Gasteiger partial charge in [0.1, 0.15) is 5.75 Å². The summed E-state index contributed by atoms with van der Waals surface area (Å²) in [4.78, 5) is 2.19. The number of rotatable bonds is 6. The maximum absolute atomic E-state index is 13.0. The van der Waals surface area contributed by atoms with Crippen molar-refractivity contribution in [2.24, 2.45) is 0 Å². The number of anilines is 2. The topological polar surface area (TPSA) is 79.9 Å². The number of nitrogens with one attached hydrogen (secondary N) is 2. The molecule has 7 nitrogen and oxygen atoms in total. The molecule has 0 atom stereocenters. The average molecular weight is 483 g/mol. The van der Waals surface area contributed by atoms with Crippen molar-refractivity contribution in [3.8, 4) is 11.5 Å². The van der Waals surface area contributed by atoms with Crippen LogP contribution in [0.4, 0.5) is 11.4 Å². The molecule has 29 heavy (non-hydrogen) atoms. The minimum Gasteiger partial charge on any atom is -0.495 e. The monoisotopic (exact) mass is 481 g/mol. The SMILES string of the molecule is COc1ccc(S(=O)(=O)Nc2cc(Cl)cc(Cl)c2OC)cc1N1CCNCC1.Cl. The molecule has 2 aromatic rings. The summed E-state index contributed by atoms with van der Waals surface area (Å²) >= 11 is 12.1. The molecule has 0 aromatic heterocycles. The van der Waals surface area contributed by atoms with Crippen molar-refractivity contribution in [2.45, 2.75) is 4.90 Å². The molecule has 1 aliphatic rings. The van der Waals surface area contributed by atoms with Gasteiger partial charge in [-0.2, -0.15) is 0 Å². The fraction of sp³-hybridized carbons (Fsp3) is 0.333. The molecule has 2 N–H and O–H groups in total. The lowest BCUT2D eigenvalue weighted by molar-refractivity contribution is 0.412. The smallest absolute Gasteiger partial charge is 0.262 e. The maximum atomic E-state index is 13.0. The molecule has 0 aliphatic carbocycles. The summed E-state index contributed by atoms with van der Waals surface area (Å²) in [5.41, 5.74) is 0.891. The van der Waals surface area contributed by atoms with E-state index in [1.807, 2.05) is 0 Å². The van der Waals surface area contributed by atoms with Crippen molar-refractivity contribution in [2.75, 3.05) is 50.0 Å². The van der Waals surface area contributed by atoms with Crippen LogP contribution in [0.5, 0.6) is 11.5 Å². The molecule has 1 saturated heterocycles. The Hall–Kier alpha value is -1.58. The van der Waals surface area contributed by atoms with Gasteiger partial charge in [-0.25, -0.2) is 8.42 Å². The van der Waals surface area contributed by atoms with E-state index in [2.05, 4.69) is 14.9 Å². The van der Waals surface area contributed by atoms with E-state index >= 15 is 0 Å². The zero-order valence-electron chi connectivity index (χ0n) is 15.9. The molecule has 11 heteroatoms. The molecule has 160 valence electrons. The van der Waals surface area contributed by atoms with Crippen LogP contribution in [-0.4, -0.2) is 48.8 Å². The van der Waals surface area contributed by atoms with Gasteiger partial charge >= 0.3 is 0 Å². The van der Waals surface area contributed by atoms with Crippen molar-refractivity contribution >= 4 is 57.0 Å². The van der Waals surface area contributed by atoms with Crippen LogP contribution < -0.4 is 24.4 Å². The first kappa shape index (κ1) is 23.7. The Labute approximate surface area is 186 Å². The summed E-state index contributed by atoms with van der Waals surface area (Å²) in [6.07, 6.45) is 0. The number of hydrogen-bond donors (Lipinski definition) is 2. The lowest BCUT2D eigenvalue weighted by Crippen LogP contribution is -2.43. The van der Waals surface area contributed by atoms with Crippen LogP contribution >= 0.6 is 35.6 Å². The number of nitrogens with zero attached hydrogens (tertiary/aromatic N) is 1. The Morgan fingerprint density at radius 1 is 1.07 bits per heavy atom. The summed E-state index contributed by atoms with van der Waals surface area (Å²) < 4.78 is 39.2. The molecule has 0 saturated carbocycles. The highest BCUT2D eigenvalue weighted by molar-refractivity contribution is 7.92. The molecule has 0 bridgehead atoms. The Morgan fingerprint density at radius 3 is 2.38 bits per heavy atom. The van der Waals surface area contributed by atoms with E-state index in [9.17, 15) is 8.42 Å². The van der Waals surface area contributed by atoms with Crippen LogP contribution in [0.15, 0.2) is 35.2 Å². The molecule has 0 radical (unpaired) electrons. The van der Waals surface area contributed by atoms with Crippen molar-refractivity contribution < 1.29 is 17.9 Å². The van der Waals surface area contributed by atoms with Gasteiger partial charge in [-0.3, -0.25) is 4.72 Å². The van der Waals surface area contributed by atoms with E-state index in [1.165, 1.54) is 25.3 Å². The van der Waals surface area contributed by atoms with Gasteiger partial charge in [0.05, 0.1) is 35.5 Å². The Morgan fingerprint density at radius 2 is 1.76 bits per heavy atom. The van der Waals surface area contributed by atoms with Crippen LogP contribution in [0, 0.1) is 0 Å². The minimum absolute atomic E-state index is 0. The second-order valence-corrected chi connectivity index (χ2v) is 8.67. The van der Waals surface area contributed by atoms with Crippen molar-refractivity contribution in [1.82, 2.24) is 5.32 Å². The lowest BCUT2D eigenvalue weighted by atomic mass is 10.2. The van der Waals surface area contributed by atoms with Crippen molar-refractivity contribution in [3.63, 3.8) is 0 Å². The van der Waals surface area contributed by atoms with E-state index in [0.29, 0.717) is 10.8 Å². The molecule has 0 spiro atoms. The van der Waals surface area contributed by atoms with Crippen molar-refractivity contribution in [1.29, 1.82) is 0 Å². The van der Waals surface area contributed by atoms with Crippen LogP contribution in [0.2, 0.25) is 10.0 Å². The summed E-state index contributed by atoms with van der Waals surface area (Å²) in [6.45, 7) is 3.14. The number of methoxy groups -OCH3 is 2.